The lowest BCUT2D eigenvalue weighted by molar-refractivity contribution is -0.384. The Hall–Kier alpha value is -3.54. The zero-order valence-electron chi connectivity index (χ0n) is 18.6. The molecule has 0 aliphatic carbocycles. The summed E-state index contributed by atoms with van der Waals surface area (Å²) in [7, 11) is -2.68. The number of nitrogens with zero attached hydrogens (tertiary/aromatic N) is 3. The highest BCUT2D eigenvalue weighted by atomic mass is 32.2. The first-order valence-electron chi connectivity index (χ1n) is 9.84. The quantitative estimate of drug-likeness (QED) is 0.431. The second kappa shape index (κ2) is 10.4. The lowest BCUT2D eigenvalue weighted by atomic mass is 10.1. The van der Waals surface area contributed by atoms with Gasteiger partial charge in [0, 0.05) is 31.3 Å². The third-order valence-electron chi connectivity index (χ3n) is 5.06. The molecule has 0 saturated carbocycles. The van der Waals surface area contributed by atoms with Gasteiger partial charge in [-0.25, -0.2) is 12.8 Å². The van der Waals surface area contributed by atoms with Crippen molar-refractivity contribution in [3.63, 3.8) is 0 Å². The van der Waals surface area contributed by atoms with Crippen LogP contribution in [-0.4, -0.2) is 55.9 Å². The summed E-state index contributed by atoms with van der Waals surface area (Å²) in [5, 5.41) is 13.6. The fraction of sp³-hybridized carbons (Fsp3) is 0.333. The number of hydrogen-bond donors (Lipinski definition) is 1. The molecule has 0 bridgehead atoms. The predicted octanol–water partition coefficient (Wildman–Crippen LogP) is 1.97. The van der Waals surface area contributed by atoms with Gasteiger partial charge in [0.15, 0.2) is 0 Å². The summed E-state index contributed by atoms with van der Waals surface area (Å²) in [6.45, 7) is 1.95. The van der Waals surface area contributed by atoms with Crippen molar-refractivity contribution in [3.05, 3.63) is 69.5 Å². The molecule has 33 heavy (non-hydrogen) atoms. The molecule has 0 heterocycles. The van der Waals surface area contributed by atoms with Crippen LogP contribution in [0.3, 0.4) is 0 Å². The Labute approximate surface area is 191 Å². The molecule has 12 heteroatoms. The molecule has 2 aromatic rings. The Kier molecular flexibility index (Phi) is 8.09. The minimum absolute atomic E-state index is 0.0431. The number of nitro benzene ring substituents is 1. The molecular weight excluding hydrogens is 455 g/mol. The number of carbonyl (C=O) groups is 2. The first-order valence-corrected chi connectivity index (χ1v) is 11.7. The summed E-state index contributed by atoms with van der Waals surface area (Å²) >= 11 is 0. The molecule has 0 aromatic heterocycles. The predicted molar refractivity (Wildman–Crippen MR) is 121 cm³/mol. The van der Waals surface area contributed by atoms with E-state index in [4.69, 9.17) is 0 Å². The highest BCUT2D eigenvalue weighted by Crippen LogP contribution is 2.28. The zero-order chi connectivity index (χ0) is 24.9. The number of nitro groups is 1. The molecule has 0 aliphatic heterocycles. The number of hydrogen-bond acceptors (Lipinski definition) is 6. The van der Waals surface area contributed by atoms with E-state index in [1.54, 1.807) is 13.0 Å². The van der Waals surface area contributed by atoms with Gasteiger partial charge in [0.1, 0.15) is 18.4 Å². The van der Waals surface area contributed by atoms with Crippen LogP contribution in [0.4, 0.5) is 15.8 Å². The molecule has 0 radical (unpaired) electrons. The van der Waals surface area contributed by atoms with Crippen molar-refractivity contribution in [1.29, 1.82) is 0 Å². The van der Waals surface area contributed by atoms with Crippen molar-refractivity contribution in [3.8, 4) is 0 Å². The van der Waals surface area contributed by atoms with E-state index in [2.05, 4.69) is 5.32 Å². The smallest absolute Gasteiger partial charge is 0.271 e. The van der Waals surface area contributed by atoms with Crippen LogP contribution in [0.1, 0.15) is 18.1 Å². The number of sulfonamides is 1. The average molecular weight is 481 g/mol. The number of nitrogens with one attached hydrogen (secondary N) is 1. The Balaban J connectivity index is 2.49. The van der Waals surface area contributed by atoms with Crippen LogP contribution in [0.5, 0.6) is 0 Å². The Morgan fingerprint density at radius 2 is 1.85 bits per heavy atom. The van der Waals surface area contributed by atoms with Crippen LogP contribution in [0.25, 0.3) is 0 Å². The highest BCUT2D eigenvalue weighted by molar-refractivity contribution is 7.92. The van der Waals surface area contributed by atoms with Crippen molar-refractivity contribution in [1.82, 2.24) is 10.2 Å². The van der Waals surface area contributed by atoms with Crippen molar-refractivity contribution in [2.45, 2.75) is 26.4 Å². The van der Waals surface area contributed by atoms with Crippen LogP contribution in [0.15, 0.2) is 42.5 Å². The summed E-state index contributed by atoms with van der Waals surface area (Å²) in [5.74, 6) is -1.91. The average Bonchev–Trinajstić information content (AvgIpc) is 2.75. The van der Waals surface area contributed by atoms with Gasteiger partial charge >= 0.3 is 0 Å². The number of likely N-dealkylation sites (N-methyl/N-ethyl adjacent to an activating group) is 1. The summed E-state index contributed by atoms with van der Waals surface area (Å²) in [4.78, 5) is 37.1. The van der Waals surface area contributed by atoms with E-state index in [0.717, 1.165) is 21.5 Å². The molecule has 0 aliphatic rings. The standard InChI is InChI=1S/C21H25FN4O6S/c1-14-9-10-17(26(29)30)11-19(14)25(33(4,31)32)13-20(27)24(15(2)21(28)23-3)12-16-7-5-6-8-18(16)22/h5-11,15H,12-13H2,1-4H3,(H,23,28). The number of non-ortho nitro benzene ring substituents is 1. The van der Waals surface area contributed by atoms with E-state index >= 15 is 0 Å². The Morgan fingerprint density at radius 3 is 2.39 bits per heavy atom. The third kappa shape index (κ3) is 6.25. The van der Waals surface area contributed by atoms with Crippen LogP contribution in [0.2, 0.25) is 0 Å². The minimum atomic E-state index is -4.06. The van der Waals surface area contributed by atoms with Crippen molar-refractivity contribution in [2.24, 2.45) is 0 Å². The lowest BCUT2D eigenvalue weighted by Gasteiger charge is -2.31. The van der Waals surface area contributed by atoms with Gasteiger partial charge in [0.2, 0.25) is 21.8 Å². The molecule has 10 nitrogen and oxygen atoms in total. The molecule has 2 rings (SSSR count). The van der Waals surface area contributed by atoms with Gasteiger partial charge in [-0.1, -0.05) is 24.3 Å². The van der Waals surface area contributed by atoms with Crippen molar-refractivity contribution < 1.29 is 27.3 Å². The van der Waals surface area contributed by atoms with Crippen LogP contribution >= 0.6 is 0 Å². The molecular formula is C21H25FN4O6S. The summed E-state index contributed by atoms with van der Waals surface area (Å²) in [6, 6.07) is 8.31. The molecule has 0 spiro atoms. The second-order valence-electron chi connectivity index (χ2n) is 7.40. The number of aryl methyl sites for hydroxylation is 1. The first kappa shape index (κ1) is 25.7. The normalized spacial score (nSPS) is 12.0. The largest absolute Gasteiger partial charge is 0.357 e. The maximum absolute atomic E-state index is 14.2. The third-order valence-corrected chi connectivity index (χ3v) is 6.19. The molecule has 178 valence electrons. The van der Waals surface area contributed by atoms with E-state index in [-0.39, 0.29) is 23.5 Å². The minimum Gasteiger partial charge on any atom is -0.357 e. The topological polar surface area (TPSA) is 130 Å². The van der Waals surface area contributed by atoms with Gasteiger partial charge in [-0.2, -0.15) is 0 Å². The van der Waals surface area contributed by atoms with Crippen molar-refractivity contribution >= 4 is 33.2 Å². The van der Waals surface area contributed by atoms with Crippen LogP contribution in [0, 0.1) is 22.9 Å². The van der Waals surface area contributed by atoms with Gasteiger partial charge in [0.05, 0.1) is 16.9 Å². The molecule has 0 saturated heterocycles. The monoisotopic (exact) mass is 480 g/mol. The number of carbonyl (C=O) groups excluding carboxylic acids is 2. The number of anilines is 1. The number of amides is 2. The van der Waals surface area contributed by atoms with Gasteiger partial charge in [0.25, 0.3) is 5.69 Å². The van der Waals surface area contributed by atoms with Crippen LogP contribution < -0.4 is 9.62 Å². The first-order chi connectivity index (χ1) is 15.4. The highest BCUT2D eigenvalue weighted by Gasteiger charge is 2.31. The number of rotatable bonds is 9. The zero-order valence-corrected chi connectivity index (χ0v) is 19.4. The molecule has 2 aromatic carbocycles. The summed E-state index contributed by atoms with van der Waals surface area (Å²) in [6.07, 6.45) is 0.863. The summed E-state index contributed by atoms with van der Waals surface area (Å²) < 4.78 is 40.1. The van der Waals surface area contributed by atoms with E-state index in [1.165, 1.54) is 44.3 Å². The van der Waals surface area contributed by atoms with E-state index < -0.39 is 45.2 Å². The number of benzene rings is 2. The Bertz CT molecular complexity index is 1170. The fourth-order valence-electron chi connectivity index (χ4n) is 3.18. The van der Waals surface area contributed by atoms with Crippen molar-refractivity contribution in [2.75, 3.05) is 24.2 Å². The van der Waals surface area contributed by atoms with Gasteiger partial charge in [-0.15, -0.1) is 0 Å². The van der Waals surface area contributed by atoms with Gasteiger partial charge in [-0.05, 0) is 25.5 Å². The molecule has 0 fully saturated rings. The van der Waals surface area contributed by atoms with E-state index in [0.29, 0.717) is 5.56 Å². The molecule has 1 N–H and O–H groups in total. The second-order valence-corrected chi connectivity index (χ2v) is 9.31. The molecule has 1 unspecified atom stereocenters. The maximum Gasteiger partial charge on any atom is 0.271 e. The van der Waals surface area contributed by atoms with Gasteiger partial charge in [-0.3, -0.25) is 24.0 Å². The molecule has 2 amide bonds. The van der Waals surface area contributed by atoms with Crippen LogP contribution in [-0.2, 0) is 26.2 Å². The van der Waals surface area contributed by atoms with E-state index in [9.17, 15) is 32.5 Å². The number of halogens is 1. The summed E-state index contributed by atoms with van der Waals surface area (Å²) in [5.41, 5.74) is 0.134. The maximum atomic E-state index is 14.2. The SMILES string of the molecule is CNC(=O)C(C)N(Cc1ccccc1F)C(=O)CN(c1cc([N+](=O)[O-])ccc1C)S(C)(=O)=O. The Morgan fingerprint density at radius 1 is 1.21 bits per heavy atom. The van der Waals surface area contributed by atoms with E-state index in [1.807, 2.05) is 0 Å². The van der Waals surface area contributed by atoms with Gasteiger partial charge < -0.3 is 10.2 Å². The lowest BCUT2D eigenvalue weighted by Crippen LogP contribution is -2.50. The molecule has 1 atom stereocenters. The fourth-order valence-corrected chi connectivity index (χ4v) is 4.08.